The van der Waals surface area contributed by atoms with E-state index in [-0.39, 0.29) is 60.4 Å². The van der Waals surface area contributed by atoms with Crippen molar-refractivity contribution in [2.45, 2.75) is 58.0 Å². The molecule has 0 saturated heterocycles. The molecule has 1 aliphatic rings. The van der Waals surface area contributed by atoms with E-state index in [0.29, 0.717) is 34.7 Å². The molecule has 0 unspecified atom stereocenters. The fourth-order valence-corrected chi connectivity index (χ4v) is 4.68. The number of rotatable bonds is 7. The van der Waals surface area contributed by atoms with E-state index in [1.54, 1.807) is 26.0 Å². The fraction of sp³-hybridized carbons (Fsp3) is 0.375. The van der Waals surface area contributed by atoms with Crippen molar-refractivity contribution in [3.05, 3.63) is 58.2 Å². The molecular weight excluding hydrogens is 482 g/mol. The van der Waals surface area contributed by atoms with Crippen molar-refractivity contribution >= 4 is 28.5 Å². The van der Waals surface area contributed by atoms with Crippen molar-refractivity contribution in [1.29, 1.82) is 0 Å². The molecule has 3 aromatic rings. The van der Waals surface area contributed by atoms with Gasteiger partial charge in [-0.25, -0.2) is 0 Å². The first kappa shape index (κ1) is 26.7. The molecule has 2 heterocycles. The Labute approximate surface area is 222 Å². The predicted molar refractivity (Wildman–Crippen MR) is 115 cm³/mol. The van der Waals surface area contributed by atoms with E-state index in [0.717, 1.165) is 17.3 Å². The number of carbonyl (C=O) groups is 1. The summed E-state index contributed by atoms with van der Waals surface area (Å²) in [7, 11) is 0. The Bertz CT molecular complexity index is 1210. The molecule has 0 saturated carbocycles. The van der Waals surface area contributed by atoms with Gasteiger partial charge in [-0.05, 0) is 62.6 Å². The third kappa shape index (κ3) is 5.51. The van der Waals surface area contributed by atoms with Crippen LogP contribution in [0.2, 0.25) is 5.02 Å². The summed E-state index contributed by atoms with van der Waals surface area (Å²) in [5.74, 6) is -1.11. The van der Waals surface area contributed by atoms with E-state index >= 15 is 0 Å². The second-order valence-corrected chi connectivity index (χ2v) is 8.75. The van der Waals surface area contributed by atoms with Gasteiger partial charge in [-0.3, -0.25) is 0 Å². The van der Waals surface area contributed by atoms with Gasteiger partial charge in [-0.15, -0.1) is 0 Å². The number of carboxylic acid groups (broad SMARTS) is 1. The van der Waals surface area contributed by atoms with Gasteiger partial charge in [0.05, 0.1) is 22.2 Å². The molecule has 0 radical (unpaired) electrons. The van der Waals surface area contributed by atoms with Crippen molar-refractivity contribution in [3.8, 4) is 11.5 Å². The molecule has 1 aromatic heterocycles. The minimum atomic E-state index is -4.55. The standard InChI is InChI=1S/C24H23ClF3NO4.Na/c1-13(2)33-20-6-3-14(9-18(20)24(26,27)28)12-32-16-4-5-19-17(11-16)22(25)23-15(10-21(30)31)7-8-29(19)23;/h3-6,9,11,13,15H,7-8,10,12H2,1-2H3,(H,30,31);/q;+1/p-1/t15-;/m1./s1. The number of halogens is 4. The molecule has 0 spiro atoms. The monoisotopic (exact) mass is 503 g/mol. The molecule has 1 atom stereocenters. The van der Waals surface area contributed by atoms with Crippen LogP contribution < -0.4 is 44.1 Å². The number of carbonyl (C=O) groups excluding carboxylic acids is 1. The maximum absolute atomic E-state index is 13.5. The summed E-state index contributed by atoms with van der Waals surface area (Å²) in [5, 5.41) is 12.2. The van der Waals surface area contributed by atoms with Crippen LogP contribution in [0.5, 0.6) is 11.5 Å². The second-order valence-electron chi connectivity index (χ2n) is 8.38. The van der Waals surface area contributed by atoms with Crippen LogP contribution in [0.15, 0.2) is 36.4 Å². The first-order valence-corrected chi connectivity index (χ1v) is 10.9. The molecule has 1 aliphatic heterocycles. The molecule has 4 rings (SSSR count). The van der Waals surface area contributed by atoms with Crippen molar-refractivity contribution in [3.63, 3.8) is 0 Å². The van der Waals surface area contributed by atoms with Gasteiger partial charge < -0.3 is 23.9 Å². The number of fused-ring (bicyclic) bond motifs is 3. The maximum atomic E-state index is 13.5. The largest absolute Gasteiger partial charge is 1.00 e. The average Bonchev–Trinajstić information content (AvgIpc) is 3.25. The Morgan fingerprint density at radius 1 is 1.24 bits per heavy atom. The van der Waals surface area contributed by atoms with Gasteiger partial charge >= 0.3 is 35.7 Å². The van der Waals surface area contributed by atoms with Gasteiger partial charge in [0.15, 0.2) is 0 Å². The summed E-state index contributed by atoms with van der Waals surface area (Å²) >= 11 is 6.57. The molecule has 0 amide bonds. The van der Waals surface area contributed by atoms with Crippen LogP contribution in [0.4, 0.5) is 13.2 Å². The van der Waals surface area contributed by atoms with Gasteiger partial charge in [0.1, 0.15) is 18.1 Å². The number of hydrogen-bond acceptors (Lipinski definition) is 4. The summed E-state index contributed by atoms with van der Waals surface area (Å²) in [4.78, 5) is 11.1. The molecule has 0 fully saturated rings. The summed E-state index contributed by atoms with van der Waals surface area (Å²) < 4.78 is 53.5. The molecule has 176 valence electrons. The van der Waals surface area contributed by atoms with Crippen LogP contribution in [0.3, 0.4) is 0 Å². The van der Waals surface area contributed by atoms with E-state index in [9.17, 15) is 23.1 Å². The fourth-order valence-electron chi connectivity index (χ4n) is 4.28. The van der Waals surface area contributed by atoms with Gasteiger partial charge in [-0.1, -0.05) is 17.7 Å². The van der Waals surface area contributed by atoms with Crippen molar-refractivity contribution < 1.29 is 62.1 Å². The minimum absolute atomic E-state index is 0. The Kier molecular flexibility index (Phi) is 8.18. The van der Waals surface area contributed by atoms with Crippen molar-refractivity contribution in [2.75, 3.05) is 0 Å². The number of hydrogen-bond donors (Lipinski definition) is 0. The van der Waals surface area contributed by atoms with Gasteiger partial charge in [-0.2, -0.15) is 13.2 Å². The normalized spacial score (nSPS) is 15.3. The Morgan fingerprint density at radius 3 is 2.62 bits per heavy atom. The summed E-state index contributed by atoms with van der Waals surface area (Å²) in [6, 6.07) is 9.13. The minimum Gasteiger partial charge on any atom is -0.550 e. The first-order chi connectivity index (χ1) is 15.5. The van der Waals surface area contributed by atoms with Crippen LogP contribution in [0, 0.1) is 0 Å². The second kappa shape index (κ2) is 10.4. The van der Waals surface area contributed by atoms with Crippen LogP contribution in [0.25, 0.3) is 10.9 Å². The Hall–Kier alpha value is -1.87. The SMILES string of the molecule is CC(C)Oc1ccc(COc2ccc3c(c2)c(Cl)c2n3CC[C@@H]2CC(=O)[O-])cc1C(F)(F)F.[Na+]. The quantitative estimate of drug-likeness (QED) is 0.464. The number of alkyl halides is 3. The third-order valence-corrected chi connectivity index (χ3v) is 6.03. The smallest absolute Gasteiger partial charge is 0.550 e. The number of aliphatic carboxylic acids is 1. The van der Waals surface area contributed by atoms with E-state index in [1.807, 2.05) is 10.6 Å². The molecule has 0 N–H and O–H groups in total. The van der Waals surface area contributed by atoms with Crippen LogP contribution in [-0.2, 0) is 24.1 Å². The molecule has 34 heavy (non-hydrogen) atoms. The zero-order chi connectivity index (χ0) is 23.9. The number of aryl methyl sites for hydroxylation is 1. The third-order valence-electron chi connectivity index (χ3n) is 5.63. The maximum Gasteiger partial charge on any atom is 1.00 e. The summed E-state index contributed by atoms with van der Waals surface area (Å²) in [5.41, 5.74) is 1.12. The average molecular weight is 504 g/mol. The van der Waals surface area contributed by atoms with E-state index < -0.39 is 17.7 Å². The van der Waals surface area contributed by atoms with Crippen LogP contribution in [0.1, 0.15) is 49.4 Å². The van der Waals surface area contributed by atoms with E-state index in [1.165, 1.54) is 12.1 Å². The molecule has 2 aromatic carbocycles. The number of ether oxygens (including phenoxy) is 2. The Balaban J connectivity index is 0.00000324. The zero-order valence-electron chi connectivity index (χ0n) is 19.0. The molecule has 0 aliphatic carbocycles. The van der Waals surface area contributed by atoms with Gasteiger partial charge in [0, 0.05) is 29.5 Å². The van der Waals surface area contributed by atoms with Crippen LogP contribution >= 0.6 is 11.6 Å². The molecule has 0 bridgehead atoms. The predicted octanol–water partition coefficient (Wildman–Crippen LogP) is 2.31. The molecular formula is C24H22ClF3NNaO4. The Morgan fingerprint density at radius 2 is 1.97 bits per heavy atom. The van der Waals surface area contributed by atoms with Crippen LogP contribution in [-0.4, -0.2) is 16.6 Å². The summed E-state index contributed by atoms with van der Waals surface area (Å²) in [6.07, 6.45) is -4.37. The number of nitrogens with zero attached hydrogens (tertiary/aromatic N) is 1. The number of benzene rings is 2. The van der Waals surface area contributed by atoms with Crippen molar-refractivity contribution in [1.82, 2.24) is 4.57 Å². The zero-order valence-corrected chi connectivity index (χ0v) is 21.8. The van der Waals surface area contributed by atoms with Crippen molar-refractivity contribution in [2.24, 2.45) is 0 Å². The number of carboxylic acids is 1. The molecule has 5 nitrogen and oxygen atoms in total. The van der Waals surface area contributed by atoms with E-state index in [4.69, 9.17) is 21.1 Å². The topological polar surface area (TPSA) is 63.5 Å². The van der Waals surface area contributed by atoms with Gasteiger partial charge in [0.2, 0.25) is 0 Å². The van der Waals surface area contributed by atoms with Gasteiger partial charge in [0.25, 0.3) is 0 Å². The first-order valence-electron chi connectivity index (χ1n) is 10.6. The summed E-state index contributed by atoms with van der Waals surface area (Å²) in [6.45, 7) is 3.91. The molecule has 10 heteroatoms. The van der Waals surface area contributed by atoms with E-state index in [2.05, 4.69) is 0 Å². The number of aromatic nitrogens is 1.